The molecule has 0 unspecified atom stereocenters. The Bertz CT molecular complexity index is 682. The number of rotatable bonds is 5. The number of carbonyl (C=O) groups excluding carboxylic acids is 3. The van der Waals surface area contributed by atoms with E-state index >= 15 is 0 Å². The highest BCUT2D eigenvalue weighted by Crippen LogP contribution is 2.20. The molecule has 1 aliphatic heterocycles. The number of hydrogen-bond acceptors (Lipinski definition) is 3. The first-order chi connectivity index (χ1) is 12.2. The van der Waals surface area contributed by atoms with Gasteiger partial charge in [0.25, 0.3) is 0 Å². The highest BCUT2D eigenvalue weighted by molar-refractivity contribution is 6.04. The Morgan fingerprint density at radius 3 is 2.23 bits per heavy atom. The van der Waals surface area contributed by atoms with Crippen molar-refractivity contribution in [3.63, 3.8) is 0 Å². The van der Waals surface area contributed by atoms with Gasteiger partial charge in [-0.3, -0.25) is 14.4 Å². The van der Waals surface area contributed by atoms with E-state index in [0.29, 0.717) is 38.2 Å². The van der Waals surface area contributed by atoms with Crippen molar-refractivity contribution in [2.45, 2.75) is 27.2 Å². The molecule has 142 valence electrons. The zero-order valence-electron chi connectivity index (χ0n) is 15.5. The van der Waals surface area contributed by atoms with Gasteiger partial charge in [0.2, 0.25) is 17.7 Å². The normalized spacial score (nSPS) is 14.9. The van der Waals surface area contributed by atoms with Gasteiger partial charge in [-0.15, -0.1) is 0 Å². The lowest BCUT2D eigenvalue weighted by molar-refractivity contribution is -0.151. The number of benzene rings is 1. The topological polar surface area (TPSA) is 69.7 Å². The van der Waals surface area contributed by atoms with E-state index in [1.807, 2.05) is 0 Å². The van der Waals surface area contributed by atoms with Gasteiger partial charge >= 0.3 is 0 Å². The molecular weight excluding hydrogens is 337 g/mol. The van der Waals surface area contributed by atoms with Crippen LogP contribution >= 0.6 is 0 Å². The van der Waals surface area contributed by atoms with Gasteiger partial charge in [0.15, 0.2) is 0 Å². The molecule has 6 nitrogen and oxygen atoms in total. The average Bonchev–Trinajstić information content (AvgIpc) is 2.62. The van der Waals surface area contributed by atoms with E-state index in [1.165, 1.54) is 13.0 Å². The molecule has 1 aliphatic rings. The monoisotopic (exact) mass is 363 g/mol. The summed E-state index contributed by atoms with van der Waals surface area (Å²) < 4.78 is 13.6. The molecule has 1 heterocycles. The van der Waals surface area contributed by atoms with E-state index in [0.717, 1.165) is 0 Å². The van der Waals surface area contributed by atoms with Gasteiger partial charge in [0.1, 0.15) is 11.2 Å². The molecule has 0 spiro atoms. The molecule has 0 atom stereocenters. The minimum absolute atomic E-state index is 0.0118. The van der Waals surface area contributed by atoms with Crippen molar-refractivity contribution in [2.75, 3.05) is 32.7 Å². The van der Waals surface area contributed by atoms with Crippen LogP contribution in [0.2, 0.25) is 0 Å². The highest BCUT2D eigenvalue weighted by Gasteiger charge is 2.40. The second kappa shape index (κ2) is 8.29. The fourth-order valence-electron chi connectivity index (χ4n) is 2.95. The van der Waals surface area contributed by atoms with Crippen molar-refractivity contribution in [3.8, 4) is 0 Å². The summed E-state index contributed by atoms with van der Waals surface area (Å²) in [4.78, 5) is 39.9. The largest absolute Gasteiger partial charge is 0.355 e. The van der Waals surface area contributed by atoms with Gasteiger partial charge in [-0.25, -0.2) is 4.39 Å². The fraction of sp³-hybridized carbons (Fsp3) is 0.526. The molecule has 3 amide bonds. The molecule has 1 saturated heterocycles. The maximum Gasteiger partial charge on any atom is 0.237 e. The zero-order chi connectivity index (χ0) is 19.3. The molecule has 0 aliphatic carbocycles. The van der Waals surface area contributed by atoms with Crippen LogP contribution < -0.4 is 5.32 Å². The maximum absolute atomic E-state index is 13.6. The Labute approximate surface area is 153 Å². The number of amides is 3. The summed E-state index contributed by atoms with van der Waals surface area (Å²) in [5.74, 6) is -0.959. The Balaban J connectivity index is 1.87. The molecule has 0 aromatic heterocycles. The van der Waals surface area contributed by atoms with Crippen molar-refractivity contribution in [1.29, 1.82) is 0 Å². The highest BCUT2D eigenvalue weighted by atomic mass is 19.1. The first kappa shape index (κ1) is 19.9. The Morgan fingerprint density at radius 1 is 1.08 bits per heavy atom. The standard InChI is InChI=1S/C19H26FN3O3/c1-14(24)22-10-12-23(13-11-22)18(26)19(2,3)17(25)21-9-8-15-6-4-5-7-16(15)20/h4-7H,8-13H2,1-3H3,(H,21,25). The molecule has 0 radical (unpaired) electrons. The Kier molecular flexibility index (Phi) is 6.34. The van der Waals surface area contributed by atoms with Crippen LogP contribution in [0.25, 0.3) is 0 Å². The summed E-state index contributed by atoms with van der Waals surface area (Å²) in [5, 5.41) is 2.73. The van der Waals surface area contributed by atoms with E-state index in [1.54, 1.807) is 41.8 Å². The summed E-state index contributed by atoms with van der Waals surface area (Å²) in [5.41, 5.74) is -0.689. The second-order valence-electron chi connectivity index (χ2n) is 7.02. The third-order valence-electron chi connectivity index (χ3n) is 4.75. The number of nitrogens with one attached hydrogen (secondary N) is 1. The number of piperazine rings is 1. The van der Waals surface area contributed by atoms with E-state index in [-0.39, 0.29) is 30.1 Å². The molecule has 0 bridgehead atoms. The van der Waals surface area contributed by atoms with Gasteiger partial charge in [-0.1, -0.05) is 18.2 Å². The summed E-state index contributed by atoms with van der Waals surface area (Å²) in [6, 6.07) is 6.41. The van der Waals surface area contributed by atoms with Crippen LogP contribution in [-0.4, -0.2) is 60.2 Å². The number of halogens is 1. The van der Waals surface area contributed by atoms with Crippen molar-refractivity contribution in [3.05, 3.63) is 35.6 Å². The SMILES string of the molecule is CC(=O)N1CCN(C(=O)C(C)(C)C(=O)NCCc2ccccc2F)CC1. The summed E-state index contributed by atoms with van der Waals surface area (Å²) >= 11 is 0. The van der Waals surface area contributed by atoms with Gasteiger partial charge in [-0.05, 0) is 31.9 Å². The van der Waals surface area contributed by atoms with Crippen LogP contribution in [0.5, 0.6) is 0 Å². The maximum atomic E-state index is 13.6. The molecule has 1 N–H and O–H groups in total. The number of carbonyl (C=O) groups is 3. The van der Waals surface area contributed by atoms with Gasteiger partial charge in [0, 0.05) is 39.6 Å². The predicted molar refractivity (Wildman–Crippen MR) is 95.7 cm³/mol. The van der Waals surface area contributed by atoms with E-state index < -0.39 is 5.41 Å². The molecule has 1 aromatic rings. The van der Waals surface area contributed by atoms with Crippen molar-refractivity contribution < 1.29 is 18.8 Å². The quantitative estimate of drug-likeness (QED) is 0.800. The van der Waals surface area contributed by atoms with Gasteiger partial charge in [-0.2, -0.15) is 0 Å². The van der Waals surface area contributed by atoms with Crippen LogP contribution in [0, 0.1) is 11.2 Å². The predicted octanol–water partition coefficient (Wildman–Crippen LogP) is 1.20. The van der Waals surface area contributed by atoms with Crippen LogP contribution in [0.4, 0.5) is 4.39 Å². The van der Waals surface area contributed by atoms with Gasteiger partial charge < -0.3 is 15.1 Å². The Morgan fingerprint density at radius 2 is 1.65 bits per heavy atom. The molecule has 26 heavy (non-hydrogen) atoms. The lowest BCUT2D eigenvalue weighted by Crippen LogP contribution is -2.56. The van der Waals surface area contributed by atoms with Gasteiger partial charge in [0.05, 0.1) is 0 Å². The van der Waals surface area contributed by atoms with E-state index in [4.69, 9.17) is 0 Å². The van der Waals surface area contributed by atoms with Crippen LogP contribution in [0.1, 0.15) is 26.3 Å². The third-order valence-corrected chi connectivity index (χ3v) is 4.75. The second-order valence-corrected chi connectivity index (χ2v) is 7.02. The lowest BCUT2D eigenvalue weighted by atomic mass is 9.90. The minimum Gasteiger partial charge on any atom is -0.355 e. The Hall–Kier alpha value is -2.44. The smallest absolute Gasteiger partial charge is 0.237 e. The zero-order valence-corrected chi connectivity index (χ0v) is 15.5. The number of nitrogens with zero attached hydrogens (tertiary/aromatic N) is 2. The number of hydrogen-bond donors (Lipinski definition) is 1. The van der Waals surface area contributed by atoms with Crippen LogP contribution in [0.15, 0.2) is 24.3 Å². The lowest BCUT2D eigenvalue weighted by Gasteiger charge is -2.37. The summed E-state index contributed by atoms with van der Waals surface area (Å²) in [7, 11) is 0. The molecular formula is C19H26FN3O3. The molecule has 0 saturated carbocycles. The third kappa shape index (κ3) is 4.59. The first-order valence-electron chi connectivity index (χ1n) is 8.80. The fourth-order valence-corrected chi connectivity index (χ4v) is 2.95. The molecule has 1 fully saturated rings. The minimum atomic E-state index is -1.21. The molecule has 1 aromatic carbocycles. The van der Waals surface area contributed by atoms with Crippen LogP contribution in [0.3, 0.4) is 0 Å². The first-order valence-corrected chi connectivity index (χ1v) is 8.80. The molecule has 7 heteroatoms. The average molecular weight is 363 g/mol. The summed E-state index contributed by atoms with van der Waals surface area (Å²) in [6.45, 7) is 6.74. The molecule has 2 rings (SSSR count). The van der Waals surface area contributed by atoms with Crippen molar-refractivity contribution in [1.82, 2.24) is 15.1 Å². The van der Waals surface area contributed by atoms with Crippen molar-refractivity contribution in [2.24, 2.45) is 5.41 Å². The van der Waals surface area contributed by atoms with Crippen LogP contribution in [-0.2, 0) is 20.8 Å². The van der Waals surface area contributed by atoms with E-state index in [2.05, 4.69) is 5.32 Å². The summed E-state index contributed by atoms with van der Waals surface area (Å²) in [6.07, 6.45) is 0.361. The van der Waals surface area contributed by atoms with E-state index in [9.17, 15) is 18.8 Å². The van der Waals surface area contributed by atoms with Crippen molar-refractivity contribution >= 4 is 17.7 Å².